The van der Waals surface area contributed by atoms with Gasteiger partial charge in [0.05, 0.1) is 30.3 Å². The molecule has 1 heterocycles. The molecule has 1 atom stereocenters. The average molecular weight is 422 g/mol. The molecule has 1 aliphatic rings. The normalized spacial score (nSPS) is 15.7. The van der Waals surface area contributed by atoms with E-state index in [4.69, 9.17) is 9.47 Å². The molecule has 0 bridgehead atoms. The highest BCUT2D eigenvalue weighted by molar-refractivity contribution is 5.95. The Labute approximate surface area is 181 Å². The van der Waals surface area contributed by atoms with Crippen molar-refractivity contribution in [3.8, 4) is 0 Å². The van der Waals surface area contributed by atoms with Crippen LogP contribution >= 0.6 is 0 Å². The molecule has 0 saturated carbocycles. The van der Waals surface area contributed by atoms with E-state index in [1.807, 2.05) is 50.2 Å². The van der Waals surface area contributed by atoms with E-state index in [-0.39, 0.29) is 30.9 Å². The predicted octanol–water partition coefficient (Wildman–Crippen LogP) is 3.26. The molecule has 2 amide bonds. The standard InChI is InChI=1S/C24H26N2O5/c1-4-30-23(28)21-19(25-24(29)26-22(21)18-8-6-5-7-9-18)14-31-20(27)13-17-11-10-15(2)16(3)12-17/h5-12,22H,4,13-14H2,1-3H3,(H2,25,26,29). The zero-order valence-corrected chi connectivity index (χ0v) is 17.9. The number of hydrogen-bond acceptors (Lipinski definition) is 5. The van der Waals surface area contributed by atoms with E-state index < -0.39 is 24.0 Å². The Kier molecular flexibility index (Phi) is 7.07. The van der Waals surface area contributed by atoms with E-state index in [9.17, 15) is 14.4 Å². The first-order chi connectivity index (χ1) is 14.9. The summed E-state index contributed by atoms with van der Waals surface area (Å²) in [7, 11) is 0. The van der Waals surface area contributed by atoms with Gasteiger partial charge in [-0.05, 0) is 43.0 Å². The minimum Gasteiger partial charge on any atom is -0.463 e. The van der Waals surface area contributed by atoms with E-state index in [1.165, 1.54) is 0 Å². The molecule has 2 aromatic rings. The van der Waals surface area contributed by atoms with E-state index in [1.54, 1.807) is 19.1 Å². The minimum absolute atomic E-state index is 0.0947. The second-order valence-corrected chi connectivity index (χ2v) is 7.31. The molecule has 1 unspecified atom stereocenters. The van der Waals surface area contributed by atoms with Crippen LogP contribution in [0.3, 0.4) is 0 Å². The van der Waals surface area contributed by atoms with E-state index in [0.29, 0.717) is 0 Å². The fraction of sp³-hybridized carbons (Fsp3) is 0.292. The Morgan fingerprint density at radius 2 is 1.74 bits per heavy atom. The van der Waals surface area contributed by atoms with Crippen molar-refractivity contribution < 1.29 is 23.9 Å². The van der Waals surface area contributed by atoms with Crippen molar-refractivity contribution in [2.24, 2.45) is 0 Å². The number of ether oxygens (including phenoxy) is 2. The average Bonchev–Trinajstić information content (AvgIpc) is 2.75. The molecule has 7 nitrogen and oxygen atoms in total. The molecule has 2 N–H and O–H groups in total. The molecule has 0 saturated heterocycles. The van der Waals surface area contributed by atoms with Crippen LogP contribution in [0.2, 0.25) is 0 Å². The predicted molar refractivity (Wildman–Crippen MR) is 115 cm³/mol. The van der Waals surface area contributed by atoms with Crippen molar-refractivity contribution >= 4 is 18.0 Å². The Hall–Kier alpha value is -3.61. The van der Waals surface area contributed by atoms with Crippen LogP contribution in [0.15, 0.2) is 59.8 Å². The maximum Gasteiger partial charge on any atom is 0.338 e. The van der Waals surface area contributed by atoms with Gasteiger partial charge in [-0.3, -0.25) is 4.79 Å². The smallest absolute Gasteiger partial charge is 0.338 e. The van der Waals surface area contributed by atoms with Gasteiger partial charge in [0.1, 0.15) is 6.61 Å². The summed E-state index contributed by atoms with van der Waals surface area (Å²) in [5, 5.41) is 5.33. The largest absolute Gasteiger partial charge is 0.463 e. The zero-order valence-electron chi connectivity index (χ0n) is 17.9. The lowest BCUT2D eigenvalue weighted by molar-refractivity contribution is -0.143. The summed E-state index contributed by atoms with van der Waals surface area (Å²) in [6.07, 6.45) is 0.0947. The van der Waals surface area contributed by atoms with Gasteiger partial charge in [-0.25, -0.2) is 9.59 Å². The lowest BCUT2D eigenvalue weighted by Gasteiger charge is -2.29. The first-order valence-electron chi connectivity index (χ1n) is 10.1. The molecule has 0 spiro atoms. The molecular formula is C24H26N2O5. The fourth-order valence-corrected chi connectivity index (χ4v) is 3.36. The molecule has 31 heavy (non-hydrogen) atoms. The number of rotatable bonds is 7. The highest BCUT2D eigenvalue weighted by Gasteiger charge is 2.34. The molecule has 3 rings (SSSR count). The second-order valence-electron chi connectivity index (χ2n) is 7.31. The number of nitrogens with one attached hydrogen (secondary N) is 2. The monoisotopic (exact) mass is 422 g/mol. The third-order valence-corrected chi connectivity index (χ3v) is 5.08. The Bertz CT molecular complexity index is 1010. The van der Waals surface area contributed by atoms with Gasteiger partial charge >= 0.3 is 18.0 Å². The number of urea groups is 1. The van der Waals surface area contributed by atoms with Gasteiger partial charge in [0.25, 0.3) is 0 Å². The lowest BCUT2D eigenvalue weighted by Crippen LogP contribution is -2.47. The first-order valence-corrected chi connectivity index (χ1v) is 10.1. The summed E-state index contributed by atoms with van der Waals surface area (Å²) >= 11 is 0. The Morgan fingerprint density at radius 1 is 1.00 bits per heavy atom. The van der Waals surface area contributed by atoms with Crippen LogP contribution in [0.5, 0.6) is 0 Å². The summed E-state index contributed by atoms with van der Waals surface area (Å²) in [6.45, 7) is 5.62. The summed E-state index contributed by atoms with van der Waals surface area (Å²) in [6, 6.07) is 13.7. The zero-order chi connectivity index (χ0) is 22.4. The van der Waals surface area contributed by atoms with Gasteiger partial charge in [-0.2, -0.15) is 0 Å². The van der Waals surface area contributed by atoms with Crippen LogP contribution < -0.4 is 10.6 Å². The summed E-state index contributed by atoms with van der Waals surface area (Å²) in [5.41, 5.74) is 4.22. The molecule has 0 fully saturated rings. The highest BCUT2D eigenvalue weighted by atomic mass is 16.5. The Balaban J connectivity index is 1.82. The molecule has 1 aliphatic heterocycles. The lowest BCUT2D eigenvalue weighted by atomic mass is 9.95. The molecule has 2 aromatic carbocycles. The van der Waals surface area contributed by atoms with Crippen LogP contribution in [0.25, 0.3) is 0 Å². The van der Waals surface area contributed by atoms with Crippen LogP contribution in [0.4, 0.5) is 4.79 Å². The van der Waals surface area contributed by atoms with E-state index >= 15 is 0 Å². The number of esters is 2. The number of carbonyl (C=O) groups excluding carboxylic acids is 3. The number of benzene rings is 2. The minimum atomic E-state index is -0.706. The van der Waals surface area contributed by atoms with Gasteiger partial charge in [-0.1, -0.05) is 48.5 Å². The van der Waals surface area contributed by atoms with Crippen LogP contribution in [-0.2, 0) is 25.5 Å². The van der Waals surface area contributed by atoms with Crippen LogP contribution in [0, 0.1) is 13.8 Å². The van der Waals surface area contributed by atoms with Crippen LogP contribution in [-0.4, -0.2) is 31.2 Å². The highest BCUT2D eigenvalue weighted by Crippen LogP contribution is 2.27. The van der Waals surface area contributed by atoms with Crippen molar-refractivity contribution in [2.45, 2.75) is 33.2 Å². The van der Waals surface area contributed by atoms with Crippen LogP contribution in [0.1, 0.15) is 35.2 Å². The van der Waals surface area contributed by atoms with Gasteiger partial charge < -0.3 is 20.1 Å². The molecule has 0 aromatic heterocycles. The van der Waals surface area contributed by atoms with Gasteiger partial charge in [0, 0.05) is 0 Å². The van der Waals surface area contributed by atoms with E-state index in [0.717, 1.165) is 22.3 Å². The fourth-order valence-electron chi connectivity index (χ4n) is 3.36. The third kappa shape index (κ3) is 5.51. The Morgan fingerprint density at radius 3 is 2.42 bits per heavy atom. The summed E-state index contributed by atoms with van der Waals surface area (Å²) < 4.78 is 10.6. The second kappa shape index (κ2) is 9.93. The number of hydrogen-bond donors (Lipinski definition) is 2. The molecule has 0 radical (unpaired) electrons. The third-order valence-electron chi connectivity index (χ3n) is 5.08. The first kappa shape index (κ1) is 22.1. The van der Waals surface area contributed by atoms with Gasteiger partial charge in [0.2, 0.25) is 0 Å². The van der Waals surface area contributed by atoms with Gasteiger partial charge in [-0.15, -0.1) is 0 Å². The summed E-state index contributed by atoms with van der Waals surface area (Å²) in [4.78, 5) is 37.3. The number of aryl methyl sites for hydroxylation is 2. The van der Waals surface area contributed by atoms with Gasteiger partial charge in [0.15, 0.2) is 0 Å². The number of amides is 2. The number of carbonyl (C=O) groups is 3. The van der Waals surface area contributed by atoms with Crippen molar-refractivity contribution in [1.29, 1.82) is 0 Å². The van der Waals surface area contributed by atoms with E-state index in [2.05, 4.69) is 10.6 Å². The van der Waals surface area contributed by atoms with Crippen molar-refractivity contribution in [3.05, 3.63) is 82.1 Å². The van der Waals surface area contributed by atoms with Crippen molar-refractivity contribution in [2.75, 3.05) is 13.2 Å². The quantitative estimate of drug-likeness (QED) is 0.668. The molecule has 7 heteroatoms. The topological polar surface area (TPSA) is 93.7 Å². The molecular weight excluding hydrogens is 396 g/mol. The maximum atomic E-state index is 12.7. The summed E-state index contributed by atoms with van der Waals surface area (Å²) in [5.74, 6) is -1.04. The molecule has 0 aliphatic carbocycles. The van der Waals surface area contributed by atoms with Crippen molar-refractivity contribution in [1.82, 2.24) is 10.6 Å². The SMILES string of the molecule is CCOC(=O)C1=C(COC(=O)Cc2ccc(C)c(C)c2)NC(=O)NC1c1ccccc1. The molecule has 162 valence electrons. The van der Waals surface area contributed by atoms with Crippen molar-refractivity contribution in [3.63, 3.8) is 0 Å². The maximum absolute atomic E-state index is 12.7.